The average molecular weight is 522 g/mol. The molecule has 0 bridgehead atoms. The lowest BCUT2D eigenvalue weighted by atomic mass is 10.0. The number of carbonyl (C=O) groups is 2. The van der Waals surface area contributed by atoms with Crippen molar-refractivity contribution in [3.8, 4) is 17.4 Å². The van der Waals surface area contributed by atoms with E-state index in [1.54, 1.807) is 29.4 Å². The van der Waals surface area contributed by atoms with Gasteiger partial charge in [0.15, 0.2) is 0 Å². The summed E-state index contributed by atoms with van der Waals surface area (Å²) < 4.78 is 24.0. The van der Waals surface area contributed by atoms with Crippen LogP contribution in [0.1, 0.15) is 12.0 Å². The van der Waals surface area contributed by atoms with Gasteiger partial charge in [0.05, 0.1) is 32.2 Å². The Morgan fingerprint density at radius 2 is 2.05 bits per heavy atom. The highest BCUT2D eigenvalue weighted by Crippen LogP contribution is 2.24. The van der Waals surface area contributed by atoms with Gasteiger partial charge in [-0.05, 0) is 30.7 Å². The quantitative estimate of drug-likeness (QED) is 0.432. The Morgan fingerprint density at radius 1 is 1.18 bits per heavy atom. The summed E-state index contributed by atoms with van der Waals surface area (Å²) >= 11 is 0. The third-order valence-corrected chi connectivity index (χ3v) is 6.45. The number of methoxy groups -OCH3 is 1. The zero-order valence-corrected chi connectivity index (χ0v) is 21.4. The molecule has 4 heterocycles. The Balaban J connectivity index is 1.03. The fourth-order valence-corrected chi connectivity index (χ4v) is 4.41. The first-order chi connectivity index (χ1) is 18.4. The number of rotatable bonds is 10. The fraction of sp³-hybridized carbons (Fsp3) is 0.407. The Hall–Kier alpha value is -4.12. The minimum absolute atomic E-state index is 0.0235. The standard InChI is InChI=1S/C27H31N5O6/c1-18-4-3-5-21(8-18)36-16-19-12-31(13-19)26(33)15-32-14-20(11-29-32)30-27(34)24-9-23(17-37-24)38-22-6-7-28-25(10-22)35-2/h3-8,10-11,14,19,23-24H,9,12-13,15-17H2,1-2H3,(H,30,34)/t23-,24+/m0/s1. The Morgan fingerprint density at radius 3 is 2.87 bits per heavy atom. The van der Waals surface area contributed by atoms with E-state index in [1.165, 1.54) is 18.0 Å². The second kappa shape index (κ2) is 11.5. The number of amides is 2. The molecule has 0 saturated carbocycles. The predicted molar refractivity (Wildman–Crippen MR) is 137 cm³/mol. The predicted octanol–water partition coefficient (Wildman–Crippen LogP) is 2.31. The van der Waals surface area contributed by atoms with Crippen molar-refractivity contribution in [2.45, 2.75) is 32.1 Å². The highest BCUT2D eigenvalue weighted by molar-refractivity contribution is 5.94. The monoisotopic (exact) mass is 521 g/mol. The summed E-state index contributed by atoms with van der Waals surface area (Å²) in [6.45, 7) is 4.32. The molecule has 2 amide bonds. The smallest absolute Gasteiger partial charge is 0.253 e. The van der Waals surface area contributed by atoms with Crippen molar-refractivity contribution in [3.63, 3.8) is 0 Å². The zero-order chi connectivity index (χ0) is 26.5. The summed E-state index contributed by atoms with van der Waals surface area (Å²) in [7, 11) is 1.54. The van der Waals surface area contributed by atoms with Crippen LogP contribution in [0, 0.1) is 12.8 Å². The number of anilines is 1. The van der Waals surface area contributed by atoms with Crippen molar-refractivity contribution in [1.29, 1.82) is 0 Å². The van der Waals surface area contributed by atoms with Gasteiger partial charge in [0.25, 0.3) is 5.91 Å². The molecule has 1 aromatic carbocycles. The molecule has 1 N–H and O–H groups in total. The van der Waals surface area contributed by atoms with Gasteiger partial charge in [0.2, 0.25) is 11.8 Å². The number of aryl methyl sites for hydroxylation is 1. The molecule has 2 aromatic heterocycles. The fourth-order valence-electron chi connectivity index (χ4n) is 4.41. The molecule has 0 spiro atoms. The maximum absolute atomic E-state index is 12.7. The number of ether oxygens (including phenoxy) is 4. The van der Waals surface area contributed by atoms with Crippen molar-refractivity contribution in [2.24, 2.45) is 5.92 Å². The van der Waals surface area contributed by atoms with E-state index in [0.717, 1.165) is 11.3 Å². The van der Waals surface area contributed by atoms with Crippen molar-refractivity contribution in [3.05, 3.63) is 60.6 Å². The molecule has 2 aliphatic rings. The van der Waals surface area contributed by atoms with Gasteiger partial charge in [-0.3, -0.25) is 14.3 Å². The molecule has 0 unspecified atom stereocenters. The molecule has 2 atom stereocenters. The third-order valence-electron chi connectivity index (χ3n) is 6.45. The third kappa shape index (κ3) is 6.41. The van der Waals surface area contributed by atoms with Crippen LogP contribution in [0.2, 0.25) is 0 Å². The first-order valence-electron chi connectivity index (χ1n) is 12.5. The number of carbonyl (C=O) groups excluding carboxylic acids is 2. The molecule has 5 rings (SSSR count). The van der Waals surface area contributed by atoms with Crippen LogP contribution in [0.4, 0.5) is 5.69 Å². The van der Waals surface area contributed by atoms with E-state index >= 15 is 0 Å². The van der Waals surface area contributed by atoms with Crippen LogP contribution in [0.3, 0.4) is 0 Å². The molecule has 200 valence electrons. The van der Waals surface area contributed by atoms with Gasteiger partial charge in [0, 0.05) is 43.9 Å². The van der Waals surface area contributed by atoms with Crippen LogP contribution < -0.4 is 19.5 Å². The minimum Gasteiger partial charge on any atom is -0.493 e. The molecule has 11 heteroatoms. The van der Waals surface area contributed by atoms with Crippen molar-refractivity contribution in [1.82, 2.24) is 19.7 Å². The number of benzene rings is 1. The number of pyridine rings is 1. The summed E-state index contributed by atoms with van der Waals surface area (Å²) in [5.41, 5.74) is 1.65. The van der Waals surface area contributed by atoms with E-state index in [9.17, 15) is 9.59 Å². The number of aromatic nitrogens is 3. The number of nitrogens with one attached hydrogen (secondary N) is 1. The SMILES string of the molecule is COc1cc(O[C@@H]2CO[C@@H](C(=O)Nc3cnn(CC(=O)N4CC(COc5cccc(C)c5)C4)c3)C2)ccn1. The second-order valence-electron chi connectivity index (χ2n) is 9.54. The van der Waals surface area contributed by atoms with Gasteiger partial charge < -0.3 is 29.2 Å². The molecule has 0 aliphatic carbocycles. The molecule has 11 nitrogen and oxygen atoms in total. The van der Waals surface area contributed by atoms with E-state index in [0.29, 0.717) is 56.0 Å². The maximum atomic E-state index is 12.7. The summed E-state index contributed by atoms with van der Waals surface area (Å²) in [6.07, 6.45) is 4.26. The topological polar surface area (TPSA) is 117 Å². The zero-order valence-electron chi connectivity index (χ0n) is 21.4. The van der Waals surface area contributed by atoms with Crippen LogP contribution in [0.5, 0.6) is 17.4 Å². The highest BCUT2D eigenvalue weighted by Gasteiger charge is 2.33. The lowest BCUT2D eigenvalue weighted by Crippen LogP contribution is -2.53. The molecular formula is C27H31N5O6. The van der Waals surface area contributed by atoms with Crippen LogP contribution in [0.15, 0.2) is 55.0 Å². The van der Waals surface area contributed by atoms with Crippen LogP contribution in [-0.2, 0) is 20.9 Å². The van der Waals surface area contributed by atoms with E-state index in [-0.39, 0.29) is 24.5 Å². The van der Waals surface area contributed by atoms with Gasteiger partial charge in [-0.2, -0.15) is 5.10 Å². The van der Waals surface area contributed by atoms with Gasteiger partial charge in [-0.15, -0.1) is 0 Å². The van der Waals surface area contributed by atoms with Crippen LogP contribution in [-0.4, -0.2) is 77.1 Å². The van der Waals surface area contributed by atoms with Crippen molar-refractivity contribution >= 4 is 17.5 Å². The Kier molecular flexibility index (Phi) is 7.73. The largest absolute Gasteiger partial charge is 0.493 e. The normalized spacial score (nSPS) is 19.1. The summed E-state index contributed by atoms with van der Waals surface area (Å²) in [5, 5.41) is 7.02. The first kappa shape index (κ1) is 25.5. The van der Waals surface area contributed by atoms with E-state index in [2.05, 4.69) is 15.4 Å². The summed E-state index contributed by atoms with van der Waals surface area (Å²) in [5.74, 6) is 1.91. The number of likely N-dealkylation sites (tertiary alicyclic amines) is 1. The minimum atomic E-state index is -0.645. The average Bonchev–Trinajstić information content (AvgIpc) is 3.52. The molecule has 0 radical (unpaired) electrons. The summed E-state index contributed by atoms with van der Waals surface area (Å²) in [4.78, 5) is 31.1. The maximum Gasteiger partial charge on any atom is 0.253 e. The Labute approximate surface area is 220 Å². The van der Waals surface area contributed by atoms with Crippen LogP contribution in [0.25, 0.3) is 0 Å². The molecule has 2 fully saturated rings. The van der Waals surface area contributed by atoms with E-state index in [4.69, 9.17) is 18.9 Å². The highest BCUT2D eigenvalue weighted by atomic mass is 16.6. The van der Waals surface area contributed by atoms with Gasteiger partial charge in [-0.25, -0.2) is 4.98 Å². The molecule has 2 aliphatic heterocycles. The van der Waals surface area contributed by atoms with E-state index < -0.39 is 6.10 Å². The molecule has 3 aromatic rings. The number of hydrogen-bond acceptors (Lipinski definition) is 8. The molecular weight excluding hydrogens is 490 g/mol. The first-order valence-corrected chi connectivity index (χ1v) is 12.5. The van der Waals surface area contributed by atoms with Crippen LogP contribution >= 0.6 is 0 Å². The van der Waals surface area contributed by atoms with E-state index in [1.807, 2.05) is 31.2 Å². The Bertz CT molecular complexity index is 1270. The number of nitrogens with zero attached hydrogens (tertiary/aromatic N) is 4. The van der Waals surface area contributed by atoms with Crippen molar-refractivity contribution < 1.29 is 28.5 Å². The lowest BCUT2D eigenvalue weighted by Gasteiger charge is -2.39. The number of hydrogen-bond donors (Lipinski definition) is 1. The van der Waals surface area contributed by atoms with Gasteiger partial charge in [-0.1, -0.05) is 12.1 Å². The molecule has 2 saturated heterocycles. The molecule has 38 heavy (non-hydrogen) atoms. The van der Waals surface area contributed by atoms with Gasteiger partial charge in [0.1, 0.15) is 30.3 Å². The van der Waals surface area contributed by atoms with Gasteiger partial charge >= 0.3 is 0 Å². The lowest BCUT2D eigenvalue weighted by molar-refractivity contribution is -0.139. The second-order valence-corrected chi connectivity index (χ2v) is 9.54. The van der Waals surface area contributed by atoms with Crippen molar-refractivity contribution in [2.75, 3.05) is 38.7 Å². The summed E-state index contributed by atoms with van der Waals surface area (Å²) in [6, 6.07) is 11.3.